The molecular weight excluding hydrogens is 408 g/mol. The number of carbonyl (C=O) groups excluding carboxylic acids is 1. The predicted molar refractivity (Wildman–Crippen MR) is 102 cm³/mol. The molecule has 2 aromatic carbocycles. The van der Waals surface area contributed by atoms with Crippen LogP contribution in [-0.4, -0.2) is 45.6 Å². The van der Waals surface area contributed by atoms with Crippen LogP contribution in [0.15, 0.2) is 41.3 Å². The summed E-state index contributed by atoms with van der Waals surface area (Å²) in [4.78, 5) is 12.3. The third-order valence-corrected chi connectivity index (χ3v) is 6.04. The number of hydrogen-bond donors (Lipinski definition) is 2. The van der Waals surface area contributed by atoms with Gasteiger partial charge in [-0.05, 0) is 36.8 Å². The minimum atomic E-state index is -3.71. The summed E-state index contributed by atoms with van der Waals surface area (Å²) in [5.74, 6) is -0.693. The maximum Gasteiger partial charge on any atom is 0.586 e. The van der Waals surface area contributed by atoms with Gasteiger partial charge in [0.05, 0.1) is 11.4 Å². The average Bonchev–Trinajstić information content (AvgIpc) is 2.94. The van der Waals surface area contributed by atoms with Gasteiger partial charge >= 0.3 is 6.29 Å². The zero-order chi connectivity index (χ0) is 21.4. The Bertz CT molecular complexity index is 1060. The summed E-state index contributed by atoms with van der Waals surface area (Å²) in [7, 11) is -0.814. The van der Waals surface area contributed by atoms with Gasteiger partial charge in [0.15, 0.2) is 11.5 Å². The van der Waals surface area contributed by atoms with Crippen molar-refractivity contribution in [1.29, 1.82) is 0 Å². The number of rotatable bonds is 6. The molecule has 0 saturated carbocycles. The van der Waals surface area contributed by atoms with Gasteiger partial charge in [0, 0.05) is 31.5 Å². The molecule has 1 heterocycles. The average molecular weight is 427 g/mol. The summed E-state index contributed by atoms with van der Waals surface area (Å²) < 4.78 is 60.6. The predicted octanol–water partition coefficient (Wildman–Crippen LogP) is 2.62. The first-order valence-corrected chi connectivity index (χ1v) is 9.89. The number of amides is 1. The van der Waals surface area contributed by atoms with E-state index in [9.17, 15) is 22.0 Å². The number of aryl methyl sites for hydroxylation is 1. The number of sulfonamides is 1. The molecule has 0 unspecified atom stereocenters. The van der Waals surface area contributed by atoms with Crippen molar-refractivity contribution in [2.45, 2.75) is 18.1 Å². The number of anilines is 2. The Labute approximate surface area is 166 Å². The molecule has 0 bridgehead atoms. The summed E-state index contributed by atoms with van der Waals surface area (Å²) in [6, 6.07) is 8.61. The molecule has 0 fully saturated rings. The number of fused-ring (bicyclic) bond motifs is 1. The van der Waals surface area contributed by atoms with E-state index in [2.05, 4.69) is 20.1 Å². The maximum absolute atomic E-state index is 13.0. The van der Waals surface area contributed by atoms with Crippen LogP contribution < -0.4 is 20.1 Å². The van der Waals surface area contributed by atoms with Crippen molar-refractivity contribution >= 4 is 27.3 Å². The van der Waals surface area contributed by atoms with Crippen molar-refractivity contribution in [1.82, 2.24) is 4.31 Å². The van der Waals surface area contributed by atoms with E-state index in [4.69, 9.17) is 0 Å². The van der Waals surface area contributed by atoms with E-state index in [0.717, 1.165) is 4.31 Å². The van der Waals surface area contributed by atoms with E-state index in [-0.39, 0.29) is 22.9 Å². The van der Waals surface area contributed by atoms with Crippen molar-refractivity contribution in [3.8, 4) is 11.5 Å². The van der Waals surface area contributed by atoms with Gasteiger partial charge in [-0.3, -0.25) is 4.79 Å². The van der Waals surface area contributed by atoms with Crippen molar-refractivity contribution in [3.05, 3.63) is 42.0 Å². The molecule has 1 aliphatic rings. The van der Waals surface area contributed by atoms with Gasteiger partial charge in [0.25, 0.3) is 0 Å². The van der Waals surface area contributed by atoms with E-state index in [0.29, 0.717) is 16.9 Å². The zero-order valence-corrected chi connectivity index (χ0v) is 16.6. The van der Waals surface area contributed by atoms with Gasteiger partial charge < -0.3 is 20.1 Å². The Kier molecular flexibility index (Phi) is 5.37. The van der Waals surface area contributed by atoms with Crippen LogP contribution >= 0.6 is 0 Å². The lowest BCUT2D eigenvalue weighted by Gasteiger charge is -2.15. The smallest absolute Gasteiger partial charge is 0.395 e. The van der Waals surface area contributed by atoms with Crippen molar-refractivity contribution in [2.24, 2.45) is 0 Å². The molecule has 0 aliphatic carbocycles. The van der Waals surface area contributed by atoms with E-state index in [1.807, 2.05) is 0 Å². The minimum absolute atomic E-state index is 0.0879. The van der Waals surface area contributed by atoms with Gasteiger partial charge in [-0.2, -0.15) is 0 Å². The molecule has 2 N–H and O–H groups in total. The van der Waals surface area contributed by atoms with Gasteiger partial charge in [-0.15, -0.1) is 8.78 Å². The van der Waals surface area contributed by atoms with Gasteiger partial charge in [0.1, 0.15) is 0 Å². The molecule has 156 valence electrons. The van der Waals surface area contributed by atoms with E-state index >= 15 is 0 Å². The highest BCUT2D eigenvalue weighted by Gasteiger charge is 2.43. The van der Waals surface area contributed by atoms with Crippen LogP contribution in [0.4, 0.5) is 20.2 Å². The Hall–Kier alpha value is -2.92. The number of benzene rings is 2. The molecule has 0 atom stereocenters. The fourth-order valence-corrected chi connectivity index (χ4v) is 3.74. The Morgan fingerprint density at radius 2 is 1.72 bits per heavy atom. The van der Waals surface area contributed by atoms with Gasteiger partial charge in [0.2, 0.25) is 15.9 Å². The van der Waals surface area contributed by atoms with Crippen LogP contribution in [0.5, 0.6) is 11.5 Å². The SMILES string of the molecule is Cc1ccc(NC(=O)CNc2ccc3c(c2)OC(F)(F)O3)cc1S(=O)(=O)N(C)C. The fraction of sp³-hybridized carbons (Fsp3) is 0.278. The van der Waals surface area contributed by atoms with E-state index in [1.54, 1.807) is 19.1 Å². The van der Waals surface area contributed by atoms with E-state index in [1.165, 1.54) is 38.4 Å². The minimum Gasteiger partial charge on any atom is -0.395 e. The lowest BCUT2D eigenvalue weighted by molar-refractivity contribution is -0.286. The summed E-state index contributed by atoms with van der Waals surface area (Å²) >= 11 is 0. The highest BCUT2D eigenvalue weighted by atomic mass is 32.2. The fourth-order valence-electron chi connectivity index (χ4n) is 2.60. The first-order chi connectivity index (χ1) is 13.5. The Morgan fingerprint density at radius 1 is 1.07 bits per heavy atom. The second-order valence-electron chi connectivity index (χ2n) is 6.50. The van der Waals surface area contributed by atoms with Crippen molar-refractivity contribution in [2.75, 3.05) is 31.3 Å². The van der Waals surface area contributed by atoms with Crippen LogP contribution in [0.2, 0.25) is 0 Å². The number of alkyl halides is 2. The number of nitrogens with zero attached hydrogens (tertiary/aromatic N) is 1. The molecule has 29 heavy (non-hydrogen) atoms. The number of ether oxygens (including phenoxy) is 2. The van der Waals surface area contributed by atoms with Crippen LogP contribution in [0.1, 0.15) is 5.56 Å². The summed E-state index contributed by atoms with van der Waals surface area (Å²) in [6.45, 7) is 1.48. The molecule has 0 spiro atoms. The number of carbonyl (C=O) groups is 1. The second kappa shape index (κ2) is 7.48. The third kappa shape index (κ3) is 4.57. The van der Waals surface area contributed by atoms with E-state index < -0.39 is 22.2 Å². The first kappa shape index (κ1) is 20.8. The maximum atomic E-state index is 13.0. The summed E-state index contributed by atoms with van der Waals surface area (Å²) in [5.41, 5.74) is 1.24. The third-order valence-electron chi connectivity index (χ3n) is 4.08. The molecule has 1 aliphatic heterocycles. The highest BCUT2D eigenvalue weighted by Crippen LogP contribution is 2.42. The largest absolute Gasteiger partial charge is 0.586 e. The molecule has 1 amide bonds. The molecule has 11 heteroatoms. The van der Waals surface area contributed by atoms with Crippen LogP contribution in [0, 0.1) is 6.92 Å². The first-order valence-electron chi connectivity index (χ1n) is 8.45. The highest BCUT2D eigenvalue weighted by molar-refractivity contribution is 7.89. The van der Waals surface area contributed by atoms with Crippen LogP contribution in [-0.2, 0) is 14.8 Å². The number of halogens is 2. The summed E-state index contributed by atoms with van der Waals surface area (Å²) in [5, 5.41) is 5.37. The standard InChI is InChI=1S/C18H19F2N3O5S/c1-11-4-5-13(9-16(11)29(25,26)23(2)3)22-17(24)10-21-12-6-7-14-15(8-12)28-18(19,20)27-14/h4-9,21H,10H2,1-3H3,(H,22,24). The lowest BCUT2D eigenvalue weighted by Crippen LogP contribution is -2.26. The van der Waals surface area contributed by atoms with Crippen molar-refractivity contribution < 1.29 is 31.5 Å². The molecule has 0 saturated heterocycles. The number of hydrogen-bond acceptors (Lipinski definition) is 6. The Balaban J connectivity index is 1.65. The molecule has 3 rings (SSSR count). The van der Waals surface area contributed by atoms with Crippen LogP contribution in [0.25, 0.3) is 0 Å². The van der Waals surface area contributed by atoms with Crippen LogP contribution in [0.3, 0.4) is 0 Å². The lowest BCUT2D eigenvalue weighted by atomic mass is 10.2. The number of nitrogens with one attached hydrogen (secondary N) is 2. The monoisotopic (exact) mass is 427 g/mol. The molecule has 0 aromatic heterocycles. The van der Waals surface area contributed by atoms with Gasteiger partial charge in [-0.1, -0.05) is 6.07 Å². The molecule has 2 aromatic rings. The topological polar surface area (TPSA) is 97.0 Å². The normalized spacial score (nSPS) is 14.7. The Morgan fingerprint density at radius 3 is 2.41 bits per heavy atom. The molecule has 0 radical (unpaired) electrons. The second-order valence-corrected chi connectivity index (χ2v) is 8.62. The molecule has 8 nitrogen and oxygen atoms in total. The van der Waals surface area contributed by atoms with Crippen molar-refractivity contribution in [3.63, 3.8) is 0 Å². The van der Waals surface area contributed by atoms with Gasteiger partial charge in [-0.25, -0.2) is 12.7 Å². The molecular formula is C18H19F2N3O5S. The quantitative estimate of drug-likeness (QED) is 0.736. The summed E-state index contributed by atoms with van der Waals surface area (Å²) in [6.07, 6.45) is -3.71. The zero-order valence-electron chi connectivity index (χ0n) is 15.8.